The van der Waals surface area contributed by atoms with E-state index in [1.165, 1.54) is 25.3 Å². The summed E-state index contributed by atoms with van der Waals surface area (Å²) in [5, 5.41) is 14.5. The second-order valence-corrected chi connectivity index (χ2v) is 4.76. The molecule has 0 saturated heterocycles. The highest BCUT2D eigenvalue weighted by Gasteiger charge is 2.07. The van der Waals surface area contributed by atoms with Crippen molar-refractivity contribution >= 4 is 27.6 Å². The van der Waals surface area contributed by atoms with Crippen LogP contribution in [0, 0.1) is 5.82 Å². The average Bonchev–Trinajstić information content (AvgIpc) is 2.33. The highest BCUT2D eigenvalue weighted by molar-refractivity contribution is 9.10. The maximum absolute atomic E-state index is 12.9. The third-order valence-electron chi connectivity index (χ3n) is 2.30. The smallest absolute Gasteiger partial charge is 0.319 e. The molecule has 19 heavy (non-hydrogen) atoms. The number of aliphatic hydroxyl groups excluding tert-OH is 1. The van der Waals surface area contributed by atoms with Gasteiger partial charge in [-0.05, 0) is 40.5 Å². The van der Waals surface area contributed by atoms with Gasteiger partial charge < -0.3 is 20.5 Å². The van der Waals surface area contributed by atoms with Crippen molar-refractivity contribution in [3.05, 3.63) is 28.5 Å². The van der Waals surface area contributed by atoms with Crippen LogP contribution in [0.4, 0.5) is 14.9 Å². The maximum atomic E-state index is 12.9. The zero-order chi connectivity index (χ0) is 14.3. The number of urea groups is 1. The molecule has 0 heterocycles. The molecule has 0 spiro atoms. The first-order chi connectivity index (χ1) is 9.02. The summed E-state index contributed by atoms with van der Waals surface area (Å²) in [7, 11) is 1.50. The number of halogens is 2. The van der Waals surface area contributed by atoms with Crippen molar-refractivity contribution in [3.63, 3.8) is 0 Å². The molecule has 0 fully saturated rings. The molecular weight excluding hydrogens is 319 g/mol. The maximum Gasteiger partial charge on any atom is 0.319 e. The summed E-state index contributed by atoms with van der Waals surface area (Å²) >= 11 is 3.15. The second kappa shape index (κ2) is 8.08. The van der Waals surface area contributed by atoms with E-state index >= 15 is 0 Å². The Balaban J connectivity index is 2.35. The van der Waals surface area contributed by atoms with Crippen molar-refractivity contribution in [1.82, 2.24) is 5.32 Å². The molecule has 0 bridgehead atoms. The first kappa shape index (κ1) is 15.9. The van der Waals surface area contributed by atoms with E-state index < -0.39 is 12.1 Å². The van der Waals surface area contributed by atoms with Gasteiger partial charge in [-0.25, -0.2) is 9.18 Å². The van der Waals surface area contributed by atoms with Crippen LogP contribution in [0.1, 0.15) is 6.42 Å². The van der Waals surface area contributed by atoms with Crippen molar-refractivity contribution in [2.24, 2.45) is 0 Å². The Morgan fingerprint density at radius 2 is 2.32 bits per heavy atom. The fourth-order valence-electron chi connectivity index (χ4n) is 1.39. The minimum Gasteiger partial charge on any atom is -0.391 e. The van der Waals surface area contributed by atoms with Gasteiger partial charge in [-0.1, -0.05) is 0 Å². The topological polar surface area (TPSA) is 70.6 Å². The van der Waals surface area contributed by atoms with Gasteiger partial charge >= 0.3 is 6.03 Å². The molecule has 3 N–H and O–H groups in total. The molecule has 106 valence electrons. The lowest BCUT2D eigenvalue weighted by atomic mass is 10.3. The van der Waals surface area contributed by atoms with E-state index in [1.807, 2.05) is 0 Å². The SMILES string of the molecule is COCC(O)CCNC(=O)Nc1ccc(F)cc1Br. The van der Waals surface area contributed by atoms with E-state index in [9.17, 15) is 14.3 Å². The quantitative estimate of drug-likeness (QED) is 0.746. The lowest BCUT2D eigenvalue weighted by Crippen LogP contribution is -2.32. The number of carbonyl (C=O) groups is 1. The highest BCUT2D eigenvalue weighted by atomic mass is 79.9. The largest absolute Gasteiger partial charge is 0.391 e. The standard InChI is InChI=1S/C12H16BrFN2O3/c1-19-7-9(17)4-5-15-12(18)16-11-3-2-8(14)6-10(11)13/h2-3,6,9,17H,4-5,7H2,1H3,(H2,15,16,18). The summed E-state index contributed by atoms with van der Waals surface area (Å²) in [6.45, 7) is 0.544. The van der Waals surface area contributed by atoms with Crippen LogP contribution >= 0.6 is 15.9 Å². The summed E-state index contributed by atoms with van der Waals surface area (Å²) in [5.74, 6) is -0.388. The van der Waals surface area contributed by atoms with E-state index in [4.69, 9.17) is 4.74 Å². The predicted octanol–water partition coefficient (Wildman–Crippen LogP) is 2.11. The van der Waals surface area contributed by atoms with E-state index in [1.54, 1.807) is 0 Å². The first-order valence-electron chi connectivity index (χ1n) is 5.70. The Kier molecular flexibility index (Phi) is 6.75. The van der Waals surface area contributed by atoms with Crippen LogP contribution in [0.5, 0.6) is 0 Å². The normalized spacial score (nSPS) is 12.0. The number of hydrogen-bond donors (Lipinski definition) is 3. The number of aliphatic hydroxyl groups is 1. The molecule has 7 heteroatoms. The number of hydrogen-bond acceptors (Lipinski definition) is 3. The van der Waals surface area contributed by atoms with Gasteiger partial charge in [-0.15, -0.1) is 0 Å². The van der Waals surface area contributed by atoms with E-state index in [0.717, 1.165) is 0 Å². The number of methoxy groups -OCH3 is 1. The molecule has 0 aromatic heterocycles. The zero-order valence-electron chi connectivity index (χ0n) is 10.5. The van der Waals surface area contributed by atoms with Gasteiger partial charge in [0.25, 0.3) is 0 Å². The Bertz CT molecular complexity index is 431. The number of benzene rings is 1. The second-order valence-electron chi connectivity index (χ2n) is 3.90. The molecule has 5 nitrogen and oxygen atoms in total. The van der Waals surface area contributed by atoms with Crippen LogP contribution in [0.3, 0.4) is 0 Å². The summed E-state index contributed by atoms with van der Waals surface area (Å²) < 4.78 is 18.1. The molecule has 2 amide bonds. The van der Waals surface area contributed by atoms with Gasteiger partial charge in [-0.3, -0.25) is 0 Å². The van der Waals surface area contributed by atoms with Crippen LogP contribution in [-0.2, 0) is 4.74 Å². The average molecular weight is 335 g/mol. The van der Waals surface area contributed by atoms with Gasteiger partial charge in [0.1, 0.15) is 5.82 Å². The van der Waals surface area contributed by atoms with Crippen LogP contribution in [-0.4, -0.2) is 37.5 Å². The zero-order valence-corrected chi connectivity index (χ0v) is 12.0. The number of nitrogens with one attached hydrogen (secondary N) is 2. The molecule has 1 atom stereocenters. The lowest BCUT2D eigenvalue weighted by molar-refractivity contribution is 0.0599. The summed E-state index contributed by atoms with van der Waals surface area (Å²) in [6.07, 6.45) is -0.214. The fourth-order valence-corrected chi connectivity index (χ4v) is 1.84. The third-order valence-corrected chi connectivity index (χ3v) is 2.96. The molecule has 0 aliphatic rings. The molecule has 1 aromatic rings. The van der Waals surface area contributed by atoms with Gasteiger partial charge in [0.2, 0.25) is 0 Å². The van der Waals surface area contributed by atoms with Crippen molar-refractivity contribution < 1.29 is 19.0 Å². The van der Waals surface area contributed by atoms with Crippen LogP contribution in [0.25, 0.3) is 0 Å². The minimum absolute atomic E-state index is 0.229. The minimum atomic E-state index is -0.608. The third kappa shape index (κ3) is 6.00. The van der Waals surface area contributed by atoms with Crippen molar-refractivity contribution in [2.45, 2.75) is 12.5 Å². The number of anilines is 1. The lowest BCUT2D eigenvalue weighted by Gasteiger charge is -2.11. The fraction of sp³-hybridized carbons (Fsp3) is 0.417. The van der Waals surface area contributed by atoms with Crippen LogP contribution in [0.15, 0.2) is 22.7 Å². The molecule has 0 aliphatic carbocycles. The number of rotatable bonds is 6. The molecular formula is C12H16BrFN2O3. The van der Waals surface area contributed by atoms with E-state index in [0.29, 0.717) is 23.1 Å². The summed E-state index contributed by atoms with van der Waals surface area (Å²) in [5.41, 5.74) is 0.469. The Morgan fingerprint density at radius 1 is 1.58 bits per heavy atom. The molecule has 0 radical (unpaired) electrons. The van der Waals surface area contributed by atoms with E-state index in [-0.39, 0.29) is 12.4 Å². The van der Waals surface area contributed by atoms with E-state index in [2.05, 4.69) is 26.6 Å². The van der Waals surface area contributed by atoms with Gasteiger partial charge in [0.15, 0.2) is 0 Å². The Morgan fingerprint density at radius 3 is 2.95 bits per heavy atom. The Labute approximate surface area is 119 Å². The number of carbonyl (C=O) groups excluding carboxylic acids is 1. The van der Waals surface area contributed by atoms with Crippen molar-refractivity contribution in [3.8, 4) is 0 Å². The number of ether oxygens (including phenoxy) is 1. The molecule has 0 saturated carbocycles. The molecule has 0 aliphatic heterocycles. The van der Waals surface area contributed by atoms with Gasteiger partial charge in [0.05, 0.1) is 18.4 Å². The highest BCUT2D eigenvalue weighted by Crippen LogP contribution is 2.22. The first-order valence-corrected chi connectivity index (χ1v) is 6.49. The summed E-state index contributed by atoms with van der Waals surface area (Å²) in [4.78, 5) is 11.5. The monoisotopic (exact) mass is 334 g/mol. The molecule has 1 unspecified atom stereocenters. The predicted molar refractivity (Wildman–Crippen MR) is 73.6 cm³/mol. The van der Waals surface area contributed by atoms with Crippen molar-refractivity contribution in [2.75, 3.05) is 25.6 Å². The van der Waals surface area contributed by atoms with Crippen LogP contribution in [0.2, 0.25) is 0 Å². The van der Waals surface area contributed by atoms with Crippen molar-refractivity contribution in [1.29, 1.82) is 0 Å². The van der Waals surface area contributed by atoms with Gasteiger partial charge in [0, 0.05) is 18.1 Å². The molecule has 1 rings (SSSR count). The van der Waals surface area contributed by atoms with Gasteiger partial charge in [-0.2, -0.15) is 0 Å². The number of amides is 2. The molecule has 1 aromatic carbocycles. The van der Waals surface area contributed by atoms with Crippen LogP contribution < -0.4 is 10.6 Å². The Hall–Kier alpha value is -1.18. The summed E-state index contributed by atoms with van der Waals surface area (Å²) in [6, 6.07) is 3.55.